The summed E-state index contributed by atoms with van der Waals surface area (Å²) in [6.07, 6.45) is 0. The lowest BCUT2D eigenvalue weighted by Crippen LogP contribution is -2.06. The Hall–Kier alpha value is -4.06. The van der Waals surface area contributed by atoms with Crippen LogP contribution in [0.25, 0.3) is 21.5 Å². The van der Waals surface area contributed by atoms with Crippen molar-refractivity contribution < 1.29 is 29.3 Å². The molecule has 0 aromatic heterocycles. The van der Waals surface area contributed by atoms with Crippen molar-refractivity contribution >= 4 is 33.5 Å². The summed E-state index contributed by atoms with van der Waals surface area (Å²) in [4.78, 5) is 21.8. The van der Waals surface area contributed by atoms with E-state index in [1.807, 2.05) is 72.8 Å². The number of ether oxygens (including phenoxy) is 2. The molecular formula is C28H28O6. The van der Waals surface area contributed by atoms with Crippen molar-refractivity contribution in [3.8, 4) is 11.5 Å². The predicted octanol–water partition coefficient (Wildman–Crippen LogP) is 6.07. The Morgan fingerprint density at radius 2 is 0.912 bits per heavy atom. The van der Waals surface area contributed by atoms with Gasteiger partial charge in [0.25, 0.3) is 0 Å². The molecule has 0 aliphatic carbocycles. The van der Waals surface area contributed by atoms with E-state index in [2.05, 4.69) is 0 Å². The molecule has 2 atom stereocenters. The molecule has 176 valence electrons. The predicted molar refractivity (Wildman–Crippen MR) is 133 cm³/mol. The van der Waals surface area contributed by atoms with Crippen LogP contribution in [0, 0.1) is 0 Å². The molecule has 4 rings (SSSR count). The van der Waals surface area contributed by atoms with Crippen LogP contribution in [0.5, 0.6) is 11.5 Å². The van der Waals surface area contributed by atoms with Crippen molar-refractivity contribution in [1.29, 1.82) is 0 Å². The van der Waals surface area contributed by atoms with Gasteiger partial charge in [0.15, 0.2) is 0 Å². The van der Waals surface area contributed by atoms with E-state index in [-0.39, 0.29) is 0 Å². The minimum absolute atomic E-state index is 0.485. The van der Waals surface area contributed by atoms with E-state index < -0.39 is 23.8 Å². The maximum Gasteiger partial charge on any atom is 0.310 e. The number of carboxylic acids is 2. The molecule has 0 radical (unpaired) electrons. The van der Waals surface area contributed by atoms with Crippen LogP contribution in [0.2, 0.25) is 0 Å². The standard InChI is InChI=1S/2C14H14O3/c2*1-9(14(15)16)10-3-4-12-8-13(17-2)6-5-11(12)7-10/h2*3-9H,1-2H3,(H,15,16)/t2*9-/m00/s1. The van der Waals surface area contributed by atoms with E-state index in [1.165, 1.54) is 0 Å². The first kappa shape index (κ1) is 24.6. The van der Waals surface area contributed by atoms with E-state index in [9.17, 15) is 9.59 Å². The zero-order valence-corrected chi connectivity index (χ0v) is 19.6. The van der Waals surface area contributed by atoms with Crippen molar-refractivity contribution in [2.75, 3.05) is 14.2 Å². The third-order valence-electron chi connectivity index (χ3n) is 5.88. The van der Waals surface area contributed by atoms with Gasteiger partial charge in [0.1, 0.15) is 11.5 Å². The number of carboxylic acid groups (broad SMARTS) is 2. The highest BCUT2D eigenvalue weighted by atomic mass is 16.5. The van der Waals surface area contributed by atoms with Gasteiger partial charge in [-0.25, -0.2) is 0 Å². The number of fused-ring (bicyclic) bond motifs is 2. The third kappa shape index (κ3) is 5.64. The quantitative estimate of drug-likeness (QED) is 0.363. The zero-order chi connectivity index (χ0) is 24.8. The van der Waals surface area contributed by atoms with Crippen molar-refractivity contribution in [1.82, 2.24) is 0 Å². The highest BCUT2D eigenvalue weighted by Crippen LogP contribution is 2.26. The lowest BCUT2D eigenvalue weighted by molar-refractivity contribution is -0.139. The Morgan fingerprint density at radius 3 is 1.24 bits per heavy atom. The summed E-state index contributed by atoms with van der Waals surface area (Å²) in [5.74, 6) is -0.980. The fourth-order valence-corrected chi connectivity index (χ4v) is 3.56. The zero-order valence-electron chi connectivity index (χ0n) is 19.6. The van der Waals surface area contributed by atoms with Crippen LogP contribution in [0.3, 0.4) is 0 Å². The topological polar surface area (TPSA) is 93.1 Å². The highest BCUT2D eigenvalue weighted by Gasteiger charge is 2.14. The Kier molecular flexibility index (Phi) is 7.74. The number of benzene rings is 4. The summed E-state index contributed by atoms with van der Waals surface area (Å²) in [6.45, 7) is 3.38. The fraction of sp³-hybridized carbons (Fsp3) is 0.214. The lowest BCUT2D eigenvalue weighted by atomic mass is 9.98. The molecule has 0 aliphatic rings. The van der Waals surface area contributed by atoms with Crippen LogP contribution in [-0.2, 0) is 9.59 Å². The molecule has 6 nitrogen and oxygen atoms in total. The van der Waals surface area contributed by atoms with Gasteiger partial charge >= 0.3 is 11.9 Å². The van der Waals surface area contributed by atoms with Crippen LogP contribution in [0.15, 0.2) is 72.8 Å². The molecule has 0 saturated carbocycles. The van der Waals surface area contributed by atoms with E-state index >= 15 is 0 Å². The van der Waals surface area contributed by atoms with Gasteiger partial charge in [-0.3, -0.25) is 9.59 Å². The van der Waals surface area contributed by atoms with E-state index in [0.717, 1.165) is 44.2 Å². The molecule has 4 aromatic carbocycles. The smallest absolute Gasteiger partial charge is 0.310 e. The van der Waals surface area contributed by atoms with Gasteiger partial charge in [-0.2, -0.15) is 0 Å². The number of methoxy groups -OCH3 is 2. The summed E-state index contributed by atoms with van der Waals surface area (Å²) >= 11 is 0. The largest absolute Gasteiger partial charge is 0.497 e. The van der Waals surface area contributed by atoms with Gasteiger partial charge in [0.2, 0.25) is 0 Å². The van der Waals surface area contributed by atoms with Gasteiger partial charge in [-0.05, 0) is 70.8 Å². The highest BCUT2D eigenvalue weighted by molar-refractivity contribution is 5.87. The fourth-order valence-electron chi connectivity index (χ4n) is 3.56. The second-order valence-corrected chi connectivity index (χ2v) is 8.06. The number of hydrogen-bond donors (Lipinski definition) is 2. The van der Waals surface area contributed by atoms with Gasteiger partial charge in [0, 0.05) is 0 Å². The second-order valence-electron chi connectivity index (χ2n) is 8.06. The summed E-state index contributed by atoms with van der Waals surface area (Å²) in [6, 6.07) is 22.9. The average molecular weight is 461 g/mol. The molecule has 0 saturated heterocycles. The second kappa shape index (κ2) is 10.7. The molecule has 0 spiro atoms. The molecule has 2 N–H and O–H groups in total. The molecule has 6 heteroatoms. The third-order valence-corrected chi connectivity index (χ3v) is 5.88. The van der Waals surface area contributed by atoms with Crippen LogP contribution in [-0.4, -0.2) is 36.4 Å². The van der Waals surface area contributed by atoms with E-state index in [1.54, 1.807) is 28.1 Å². The maximum absolute atomic E-state index is 10.9. The monoisotopic (exact) mass is 460 g/mol. The maximum atomic E-state index is 10.9. The molecule has 0 aliphatic heterocycles. The van der Waals surface area contributed by atoms with Crippen molar-refractivity contribution in [3.05, 3.63) is 83.9 Å². The Labute approximate surface area is 198 Å². The van der Waals surface area contributed by atoms with Crippen LogP contribution >= 0.6 is 0 Å². The van der Waals surface area contributed by atoms with Crippen LogP contribution < -0.4 is 9.47 Å². The van der Waals surface area contributed by atoms with Crippen molar-refractivity contribution in [2.45, 2.75) is 25.7 Å². The molecule has 4 aromatic rings. The normalized spacial score (nSPS) is 12.4. The molecule has 0 unspecified atom stereocenters. The SMILES string of the molecule is COc1ccc2cc([C@H](C)C(=O)O)ccc2c1.COc1ccc2cc([C@H](C)C(=O)O)ccc2c1. The first-order valence-electron chi connectivity index (χ1n) is 10.8. The molecule has 0 heterocycles. The number of carbonyl (C=O) groups is 2. The number of rotatable bonds is 6. The van der Waals surface area contributed by atoms with E-state index in [4.69, 9.17) is 19.7 Å². The summed E-state index contributed by atoms with van der Waals surface area (Å²) in [7, 11) is 3.25. The minimum Gasteiger partial charge on any atom is -0.497 e. The molecule has 0 amide bonds. The Bertz CT molecular complexity index is 1220. The number of hydrogen-bond acceptors (Lipinski definition) is 4. The van der Waals surface area contributed by atoms with Gasteiger partial charge in [0.05, 0.1) is 26.1 Å². The first-order valence-corrected chi connectivity index (χ1v) is 10.8. The lowest BCUT2D eigenvalue weighted by Gasteiger charge is -2.08. The summed E-state index contributed by atoms with van der Waals surface area (Å²) < 4.78 is 10.3. The summed E-state index contributed by atoms with van der Waals surface area (Å²) in [5, 5.41) is 22.1. The Balaban J connectivity index is 0.000000191. The van der Waals surface area contributed by atoms with Crippen LogP contribution in [0.1, 0.15) is 36.8 Å². The van der Waals surface area contributed by atoms with Crippen molar-refractivity contribution in [2.24, 2.45) is 0 Å². The van der Waals surface area contributed by atoms with Crippen molar-refractivity contribution in [3.63, 3.8) is 0 Å². The average Bonchev–Trinajstić information content (AvgIpc) is 2.86. The Morgan fingerprint density at radius 1 is 0.588 bits per heavy atom. The molecule has 0 fully saturated rings. The molecular weight excluding hydrogens is 432 g/mol. The van der Waals surface area contributed by atoms with Gasteiger partial charge < -0.3 is 19.7 Å². The minimum atomic E-state index is -0.808. The van der Waals surface area contributed by atoms with Gasteiger partial charge in [-0.15, -0.1) is 0 Å². The number of aliphatic carboxylic acids is 2. The molecule has 34 heavy (non-hydrogen) atoms. The summed E-state index contributed by atoms with van der Waals surface area (Å²) in [5.41, 5.74) is 1.63. The van der Waals surface area contributed by atoms with E-state index in [0.29, 0.717) is 0 Å². The first-order chi connectivity index (χ1) is 16.2. The molecule has 0 bridgehead atoms. The van der Waals surface area contributed by atoms with Gasteiger partial charge in [-0.1, -0.05) is 48.5 Å². The van der Waals surface area contributed by atoms with Crippen LogP contribution in [0.4, 0.5) is 0 Å².